The molecule has 0 saturated carbocycles. The van der Waals surface area contributed by atoms with Crippen LogP contribution < -0.4 is 0 Å². The summed E-state index contributed by atoms with van der Waals surface area (Å²) < 4.78 is 0. The van der Waals surface area contributed by atoms with Gasteiger partial charge in [0.2, 0.25) is 0 Å². The van der Waals surface area contributed by atoms with Crippen LogP contribution in [0.25, 0.3) is 0 Å². The van der Waals surface area contributed by atoms with Gasteiger partial charge in [-0.3, -0.25) is 4.79 Å². The van der Waals surface area contributed by atoms with Gasteiger partial charge in [0.15, 0.2) is 10.9 Å². The van der Waals surface area contributed by atoms with Crippen molar-refractivity contribution in [1.29, 1.82) is 0 Å². The van der Waals surface area contributed by atoms with E-state index in [0.29, 0.717) is 5.16 Å². The molecule has 0 amide bonds. The van der Waals surface area contributed by atoms with Crippen LogP contribution in [0.15, 0.2) is 47.9 Å². The van der Waals surface area contributed by atoms with Gasteiger partial charge in [0.05, 0.1) is 5.25 Å². The molecule has 1 aromatic heterocycles. The Morgan fingerprint density at radius 1 is 1.17 bits per heavy atom. The fourth-order valence-electron chi connectivity index (χ4n) is 1.51. The highest BCUT2D eigenvalue weighted by atomic mass is 32.2. The number of aromatic nitrogens is 2. The van der Waals surface area contributed by atoms with Crippen LogP contribution >= 0.6 is 11.8 Å². The normalized spacial score (nSPS) is 12.1. The zero-order chi connectivity index (χ0) is 13.0. The highest BCUT2D eigenvalue weighted by Gasteiger charge is 2.17. The summed E-state index contributed by atoms with van der Waals surface area (Å²) in [7, 11) is 0. The highest BCUT2D eigenvalue weighted by molar-refractivity contribution is 8.00. The number of nitrogens with zero attached hydrogens (tertiary/aromatic N) is 2. The van der Waals surface area contributed by atoms with Crippen LogP contribution in [0, 0.1) is 6.92 Å². The Morgan fingerprint density at radius 2 is 1.78 bits per heavy atom. The maximum Gasteiger partial charge on any atom is 0.188 e. The molecule has 1 unspecified atom stereocenters. The number of hydrogen-bond acceptors (Lipinski definition) is 4. The molecule has 0 fully saturated rings. The van der Waals surface area contributed by atoms with Gasteiger partial charge in [-0.1, -0.05) is 41.6 Å². The first-order valence-electron chi connectivity index (χ1n) is 5.71. The molecule has 1 aromatic carbocycles. The minimum absolute atomic E-state index is 0.104. The minimum atomic E-state index is -0.185. The summed E-state index contributed by atoms with van der Waals surface area (Å²) in [6.07, 6.45) is 3.36. The van der Waals surface area contributed by atoms with E-state index in [1.807, 2.05) is 38.1 Å². The molecule has 3 nitrogen and oxygen atoms in total. The molecule has 2 aromatic rings. The zero-order valence-electron chi connectivity index (χ0n) is 10.3. The van der Waals surface area contributed by atoms with E-state index in [-0.39, 0.29) is 11.0 Å². The van der Waals surface area contributed by atoms with Crippen molar-refractivity contribution in [1.82, 2.24) is 9.97 Å². The Balaban J connectivity index is 2.07. The van der Waals surface area contributed by atoms with Gasteiger partial charge in [0, 0.05) is 18.0 Å². The Labute approximate surface area is 111 Å². The predicted molar refractivity (Wildman–Crippen MR) is 72.9 cm³/mol. The van der Waals surface area contributed by atoms with Gasteiger partial charge < -0.3 is 0 Å². The van der Waals surface area contributed by atoms with Gasteiger partial charge in [-0.15, -0.1) is 0 Å². The summed E-state index contributed by atoms with van der Waals surface area (Å²) in [5, 5.41) is 0.445. The summed E-state index contributed by atoms with van der Waals surface area (Å²) >= 11 is 1.38. The molecule has 0 bridgehead atoms. The molecule has 1 atom stereocenters. The van der Waals surface area contributed by atoms with Crippen LogP contribution in [-0.2, 0) is 0 Å². The number of Topliss-reactive ketones (excluding diaryl/α,β-unsaturated/α-hetero) is 1. The molecule has 0 saturated heterocycles. The lowest BCUT2D eigenvalue weighted by Gasteiger charge is -2.09. The molecular formula is C14H14N2OS. The lowest BCUT2D eigenvalue weighted by Crippen LogP contribution is -2.13. The second-order valence-corrected chi connectivity index (χ2v) is 5.33. The molecule has 0 spiro atoms. The first-order chi connectivity index (χ1) is 8.66. The van der Waals surface area contributed by atoms with E-state index in [1.165, 1.54) is 11.8 Å². The summed E-state index contributed by atoms with van der Waals surface area (Å²) in [4.78, 5) is 20.4. The van der Waals surface area contributed by atoms with Crippen LogP contribution in [0.3, 0.4) is 0 Å². The number of rotatable bonds is 4. The van der Waals surface area contributed by atoms with Crippen molar-refractivity contribution in [2.45, 2.75) is 24.3 Å². The zero-order valence-corrected chi connectivity index (χ0v) is 11.1. The van der Waals surface area contributed by atoms with E-state index in [4.69, 9.17) is 0 Å². The molecule has 18 heavy (non-hydrogen) atoms. The first-order valence-corrected chi connectivity index (χ1v) is 6.59. The average molecular weight is 258 g/mol. The lowest BCUT2D eigenvalue weighted by atomic mass is 10.1. The quantitative estimate of drug-likeness (QED) is 0.480. The van der Waals surface area contributed by atoms with Crippen LogP contribution in [-0.4, -0.2) is 21.0 Å². The highest BCUT2D eigenvalue weighted by Crippen LogP contribution is 2.21. The second kappa shape index (κ2) is 5.78. The standard InChI is InChI=1S/C14H14N2OS/c1-10-4-6-12(7-5-10)13(17)11(2)18-14-15-8-3-9-16-14/h3-9,11H,1-2H3. The number of ketones is 1. The number of aryl methyl sites for hydroxylation is 1. The maximum absolute atomic E-state index is 12.2. The van der Waals surface area contributed by atoms with Crippen LogP contribution in [0.2, 0.25) is 0 Å². The van der Waals surface area contributed by atoms with Gasteiger partial charge in [-0.2, -0.15) is 0 Å². The van der Waals surface area contributed by atoms with Gasteiger partial charge in [0.25, 0.3) is 0 Å². The molecule has 1 heterocycles. The van der Waals surface area contributed by atoms with Gasteiger partial charge >= 0.3 is 0 Å². The largest absolute Gasteiger partial charge is 0.293 e. The van der Waals surface area contributed by atoms with Crippen molar-refractivity contribution in [3.63, 3.8) is 0 Å². The SMILES string of the molecule is Cc1ccc(C(=O)C(C)Sc2ncccn2)cc1. The summed E-state index contributed by atoms with van der Waals surface area (Å²) in [5.41, 5.74) is 1.88. The Hall–Kier alpha value is -1.68. The molecule has 92 valence electrons. The monoisotopic (exact) mass is 258 g/mol. The molecule has 0 aliphatic rings. The second-order valence-electron chi connectivity index (χ2n) is 4.02. The Morgan fingerprint density at radius 3 is 2.39 bits per heavy atom. The van der Waals surface area contributed by atoms with E-state index < -0.39 is 0 Å². The lowest BCUT2D eigenvalue weighted by molar-refractivity contribution is 0.0994. The number of thioether (sulfide) groups is 1. The molecule has 2 rings (SSSR count). The third-order valence-corrected chi connectivity index (χ3v) is 3.52. The van der Waals surface area contributed by atoms with E-state index in [2.05, 4.69) is 9.97 Å². The maximum atomic E-state index is 12.2. The number of hydrogen-bond donors (Lipinski definition) is 0. The third kappa shape index (κ3) is 3.17. The molecule has 0 N–H and O–H groups in total. The van der Waals surface area contributed by atoms with Crippen LogP contribution in [0.5, 0.6) is 0 Å². The molecule has 0 aliphatic carbocycles. The van der Waals surface area contributed by atoms with Gasteiger partial charge in [-0.05, 0) is 19.9 Å². The van der Waals surface area contributed by atoms with Gasteiger partial charge in [0.1, 0.15) is 0 Å². The van der Waals surface area contributed by atoms with E-state index in [0.717, 1.165) is 11.1 Å². The average Bonchev–Trinajstić information content (AvgIpc) is 2.40. The summed E-state index contributed by atoms with van der Waals surface area (Å²) in [6, 6.07) is 9.38. The van der Waals surface area contributed by atoms with Crippen LogP contribution in [0.1, 0.15) is 22.8 Å². The number of benzene rings is 1. The molecule has 0 aliphatic heterocycles. The Bertz CT molecular complexity index is 525. The van der Waals surface area contributed by atoms with Crippen molar-refractivity contribution in [3.05, 3.63) is 53.9 Å². The van der Waals surface area contributed by atoms with E-state index >= 15 is 0 Å². The Kier molecular flexibility index (Phi) is 4.10. The topological polar surface area (TPSA) is 42.9 Å². The fraction of sp³-hybridized carbons (Fsp3) is 0.214. The summed E-state index contributed by atoms with van der Waals surface area (Å²) in [6.45, 7) is 3.88. The number of carbonyl (C=O) groups excluding carboxylic acids is 1. The number of carbonyl (C=O) groups is 1. The fourth-order valence-corrected chi connectivity index (χ4v) is 2.31. The first kappa shape index (κ1) is 12.8. The van der Waals surface area contributed by atoms with Crippen molar-refractivity contribution < 1.29 is 4.79 Å². The smallest absolute Gasteiger partial charge is 0.188 e. The van der Waals surface area contributed by atoms with Crippen LogP contribution in [0.4, 0.5) is 0 Å². The third-order valence-electron chi connectivity index (χ3n) is 2.53. The van der Waals surface area contributed by atoms with Crippen molar-refractivity contribution in [2.24, 2.45) is 0 Å². The van der Waals surface area contributed by atoms with Crippen molar-refractivity contribution >= 4 is 17.5 Å². The summed E-state index contributed by atoms with van der Waals surface area (Å²) in [5.74, 6) is 0.104. The van der Waals surface area contributed by atoms with Gasteiger partial charge in [-0.25, -0.2) is 9.97 Å². The van der Waals surface area contributed by atoms with E-state index in [1.54, 1.807) is 18.5 Å². The molecule has 0 radical (unpaired) electrons. The van der Waals surface area contributed by atoms with Crippen molar-refractivity contribution in [3.8, 4) is 0 Å². The molecular weight excluding hydrogens is 244 g/mol. The molecule has 4 heteroatoms. The predicted octanol–water partition coefficient (Wildman–Crippen LogP) is 3.15. The van der Waals surface area contributed by atoms with E-state index in [9.17, 15) is 4.79 Å². The minimum Gasteiger partial charge on any atom is -0.293 e. The van der Waals surface area contributed by atoms with Crippen molar-refractivity contribution in [2.75, 3.05) is 0 Å².